The molecule has 1 unspecified atom stereocenters. The lowest BCUT2D eigenvalue weighted by Gasteiger charge is -2.32. The number of nitrogens with one attached hydrogen (secondary N) is 1. The molecule has 2 aromatic carbocycles. The third-order valence-electron chi connectivity index (χ3n) is 3.84. The summed E-state index contributed by atoms with van der Waals surface area (Å²) in [5, 5.41) is 5.10. The molecular weight excluding hydrogens is 488 g/mol. The summed E-state index contributed by atoms with van der Waals surface area (Å²) in [4.78, 5) is 25.7. The molecule has 0 amide bonds. The third kappa shape index (κ3) is 10.0. The van der Waals surface area contributed by atoms with Crippen LogP contribution in [0.5, 0.6) is 0 Å². The maximum atomic E-state index is 8.88. The molecule has 0 aliphatic rings. The zero-order valence-corrected chi connectivity index (χ0v) is 19.5. The van der Waals surface area contributed by atoms with E-state index in [1.807, 2.05) is 48.0 Å². The molecule has 3 rings (SSSR count). The number of benzene rings is 2. The third-order valence-corrected chi connectivity index (χ3v) is 4.83. The second kappa shape index (κ2) is 11.3. The van der Waals surface area contributed by atoms with E-state index in [1.165, 1.54) is 0 Å². The van der Waals surface area contributed by atoms with Crippen molar-refractivity contribution >= 4 is 48.3 Å². The van der Waals surface area contributed by atoms with E-state index in [0.717, 1.165) is 11.3 Å². The van der Waals surface area contributed by atoms with Crippen molar-refractivity contribution in [3.63, 3.8) is 0 Å². The fraction of sp³-hybridized carbons (Fsp3) is 0.211. The number of aromatic nitrogens is 2. The molecule has 0 aliphatic heterocycles. The normalized spacial score (nSPS) is 13.1. The van der Waals surface area contributed by atoms with Crippen LogP contribution in [0.1, 0.15) is 12.5 Å². The van der Waals surface area contributed by atoms with Gasteiger partial charge >= 0.3 is 7.82 Å². The molecule has 4 N–H and O–H groups in total. The largest absolute Gasteiger partial charge is 0.466 e. The summed E-state index contributed by atoms with van der Waals surface area (Å²) in [7, 11) is -4.64. The summed E-state index contributed by atoms with van der Waals surface area (Å²) in [5.41, 5.74) is 1.15. The van der Waals surface area contributed by atoms with Gasteiger partial charge in [0.2, 0.25) is 0 Å². The zero-order valence-electron chi connectivity index (χ0n) is 16.3. The number of hydrogen-bond acceptors (Lipinski definition) is 4. The van der Waals surface area contributed by atoms with Crippen LogP contribution in [-0.4, -0.2) is 30.0 Å². The Morgan fingerprint density at radius 3 is 2.29 bits per heavy atom. The van der Waals surface area contributed by atoms with Gasteiger partial charge in [-0.05, 0) is 42.8 Å². The topological polar surface area (TPSA) is 117 Å². The van der Waals surface area contributed by atoms with Crippen molar-refractivity contribution < 1.29 is 24.0 Å². The number of halogens is 3. The van der Waals surface area contributed by atoms with E-state index in [0.29, 0.717) is 28.2 Å². The van der Waals surface area contributed by atoms with Gasteiger partial charge in [-0.1, -0.05) is 46.9 Å². The monoisotopic (exact) mass is 507 g/mol. The molecule has 0 bridgehead atoms. The first-order chi connectivity index (χ1) is 14.4. The lowest BCUT2D eigenvalue weighted by molar-refractivity contribution is -0.0335. The smallest absolute Gasteiger partial charge is 0.356 e. The number of hydrogen-bond donors (Lipinski definition) is 4. The molecule has 3 aromatic rings. The summed E-state index contributed by atoms with van der Waals surface area (Å²) in [6.07, 6.45) is 5.37. The summed E-state index contributed by atoms with van der Waals surface area (Å²) < 4.78 is 17.1. The van der Waals surface area contributed by atoms with Crippen LogP contribution in [-0.2, 0) is 22.5 Å². The first-order valence-corrected chi connectivity index (χ1v) is 11.5. The van der Waals surface area contributed by atoms with Crippen LogP contribution in [0.3, 0.4) is 0 Å². The van der Waals surface area contributed by atoms with Crippen LogP contribution >= 0.6 is 42.6 Å². The van der Waals surface area contributed by atoms with Crippen LogP contribution in [0, 0.1) is 0 Å². The van der Waals surface area contributed by atoms with Gasteiger partial charge in [-0.2, -0.15) is 0 Å². The molecule has 1 heterocycles. The minimum Gasteiger partial charge on any atom is -0.356 e. The number of nitrogens with zero attached hydrogens (tertiary/aromatic N) is 2. The van der Waals surface area contributed by atoms with E-state index < -0.39 is 13.5 Å². The fourth-order valence-electron chi connectivity index (χ4n) is 2.55. The van der Waals surface area contributed by atoms with Crippen molar-refractivity contribution in [2.45, 2.75) is 25.8 Å². The maximum Gasteiger partial charge on any atom is 0.466 e. The minimum atomic E-state index is -4.64. The van der Waals surface area contributed by atoms with E-state index in [2.05, 4.69) is 10.3 Å². The second-order valence-corrected chi connectivity index (χ2v) is 8.93. The Kier molecular flexibility index (Phi) is 9.36. The first kappa shape index (κ1) is 25.6. The molecule has 31 heavy (non-hydrogen) atoms. The Hall–Kier alpha value is -1.61. The molecule has 168 valence electrons. The Balaban J connectivity index is 0.000000614. The van der Waals surface area contributed by atoms with E-state index in [4.69, 9.17) is 58.8 Å². The van der Waals surface area contributed by atoms with Gasteiger partial charge < -0.3 is 29.3 Å². The number of imidazole rings is 1. The quantitative estimate of drug-likeness (QED) is 0.263. The van der Waals surface area contributed by atoms with Gasteiger partial charge in [-0.3, -0.25) is 0 Å². The molecule has 1 atom stereocenters. The van der Waals surface area contributed by atoms with Crippen molar-refractivity contribution in [2.24, 2.45) is 0 Å². The molecule has 8 nitrogen and oxygen atoms in total. The number of rotatable bonds is 7. The Morgan fingerprint density at radius 1 is 1.10 bits per heavy atom. The van der Waals surface area contributed by atoms with Crippen molar-refractivity contribution in [1.29, 1.82) is 0 Å². The minimum absolute atomic E-state index is 0.427. The highest BCUT2D eigenvalue weighted by atomic mass is 35.5. The molecule has 0 aliphatic carbocycles. The summed E-state index contributed by atoms with van der Waals surface area (Å²) in [6, 6.07) is 13.0. The van der Waals surface area contributed by atoms with Crippen LogP contribution in [0.4, 0.5) is 5.69 Å². The molecule has 1 aromatic heterocycles. The molecule has 12 heteroatoms. The molecular formula is C19H21Cl3N3O5P. The predicted octanol–water partition coefficient (Wildman–Crippen LogP) is 4.96. The molecule has 0 radical (unpaired) electrons. The van der Waals surface area contributed by atoms with Crippen molar-refractivity contribution in [3.05, 3.63) is 81.8 Å². The Labute approximate surface area is 194 Å². The van der Waals surface area contributed by atoms with E-state index in [1.54, 1.807) is 24.7 Å². The number of ether oxygens (including phenoxy) is 1. The summed E-state index contributed by atoms with van der Waals surface area (Å²) in [6.45, 7) is 2.96. The van der Waals surface area contributed by atoms with Gasteiger partial charge in [0.1, 0.15) is 0 Å². The van der Waals surface area contributed by atoms with E-state index in [9.17, 15) is 0 Å². The Bertz CT molecular complexity index is 1010. The lowest BCUT2D eigenvalue weighted by Crippen LogP contribution is -2.42. The maximum absolute atomic E-state index is 8.88. The average molecular weight is 509 g/mol. The van der Waals surface area contributed by atoms with Gasteiger partial charge in [0, 0.05) is 23.1 Å². The fourth-order valence-corrected chi connectivity index (χ4v) is 2.98. The Morgan fingerprint density at radius 2 is 1.74 bits per heavy atom. The summed E-state index contributed by atoms with van der Waals surface area (Å²) >= 11 is 18.1. The number of anilines is 1. The van der Waals surface area contributed by atoms with Crippen LogP contribution < -0.4 is 5.32 Å². The van der Waals surface area contributed by atoms with Crippen LogP contribution in [0.2, 0.25) is 15.1 Å². The highest BCUT2D eigenvalue weighted by Gasteiger charge is 2.26. The standard InChI is InChI=1S/C19H18Cl3N3O.H3O4P/c1-19(12-25-9-8-23-13-25,24-16-6-7-17(21)18(22)10-16)26-11-14-2-4-15(20)5-3-14;1-5(2,3)4/h2-10,13,24H,11-12H2,1H3;(H3,1,2,3,4). The SMILES string of the molecule is CC(Cn1ccnc1)(Nc1ccc(Cl)c(Cl)c1)OCc1ccc(Cl)cc1.O=P(O)(O)O. The molecule has 0 saturated carbocycles. The van der Waals surface area contributed by atoms with Gasteiger partial charge in [-0.15, -0.1) is 0 Å². The first-order valence-electron chi connectivity index (χ1n) is 8.79. The van der Waals surface area contributed by atoms with Crippen LogP contribution in [0.15, 0.2) is 61.2 Å². The second-order valence-electron chi connectivity index (χ2n) is 6.65. The van der Waals surface area contributed by atoms with Gasteiger partial charge in [0.05, 0.1) is 29.5 Å². The van der Waals surface area contributed by atoms with E-state index in [-0.39, 0.29) is 0 Å². The molecule has 0 saturated heterocycles. The number of phosphoric acid groups is 1. The van der Waals surface area contributed by atoms with Gasteiger partial charge in [0.15, 0.2) is 5.72 Å². The zero-order chi connectivity index (χ0) is 23.1. The highest BCUT2D eigenvalue weighted by Crippen LogP contribution is 2.28. The van der Waals surface area contributed by atoms with Gasteiger partial charge in [-0.25, -0.2) is 9.55 Å². The van der Waals surface area contributed by atoms with Crippen molar-refractivity contribution in [1.82, 2.24) is 9.55 Å². The highest BCUT2D eigenvalue weighted by molar-refractivity contribution is 7.45. The van der Waals surface area contributed by atoms with Crippen LogP contribution in [0.25, 0.3) is 0 Å². The molecule has 0 spiro atoms. The predicted molar refractivity (Wildman–Crippen MR) is 121 cm³/mol. The van der Waals surface area contributed by atoms with Crippen molar-refractivity contribution in [3.8, 4) is 0 Å². The van der Waals surface area contributed by atoms with Crippen molar-refractivity contribution in [2.75, 3.05) is 5.32 Å². The van der Waals surface area contributed by atoms with E-state index >= 15 is 0 Å². The molecule has 0 fully saturated rings. The van der Waals surface area contributed by atoms with Gasteiger partial charge in [0.25, 0.3) is 0 Å². The average Bonchev–Trinajstić information content (AvgIpc) is 3.16. The summed E-state index contributed by atoms with van der Waals surface area (Å²) in [5.74, 6) is 0. The lowest BCUT2D eigenvalue weighted by atomic mass is 10.2.